The lowest BCUT2D eigenvalue weighted by Crippen LogP contribution is -2.16. The van der Waals surface area contributed by atoms with E-state index >= 15 is 0 Å². The first-order valence-corrected chi connectivity index (χ1v) is 11.0. The van der Waals surface area contributed by atoms with Crippen LogP contribution in [0.25, 0.3) is 11.1 Å². The van der Waals surface area contributed by atoms with Gasteiger partial charge in [-0.05, 0) is 35.9 Å². The number of hydrogen-bond donors (Lipinski definition) is 2. The predicted molar refractivity (Wildman–Crippen MR) is 111 cm³/mol. The summed E-state index contributed by atoms with van der Waals surface area (Å²) in [6.45, 7) is -0.274. The fraction of sp³-hybridized carbons (Fsp3) is 0.0952. The Morgan fingerprint density at radius 2 is 1.72 bits per heavy atom. The van der Waals surface area contributed by atoms with Crippen LogP contribution in [0, 0.1) is 11.6 Å². The van der Waals surface area contributed by atoms with Crippen LogP contribution in [0.3, 0.4) is 0 Å². The minimum absolute atomic E-state index is 0.0749. The van der Waals surface area contributed by atoms with Crippen molar-refractivity contribution in [2.24, 2.45) is 0 Å². The molecule has 0 aromatic heterocycles. The van der Waals surface area contributed by atoms with Gasteiger partial charge in [-0.15, -0.1) is 0 Å². The number of phenolic OH excluding ortho intramolecular Hbond substituents is 1. The smallest absolute Gasteiger partial charge is 0.338 e. The normalized spacial score (nSPS) is 15.3. The van der Waals surface area contributed by atoms with Crippen molar-refractivity contribution in [1.82, 2.24) is 0 Å². The molecule has 11 heteroatoms. The number of phenols is 1. The number of esters is 1. The first kappa shape index (κ1) is 21.8. The van der Waals surface area contributed by atoms with E-state index in [1.807, 2.05) is 4.72 Å². The van der Waals surface area contributed by atoms with Crippen molar-refractivity contribution in [1.29, 1.82) is 0 Å². The van der Waals surface area contributed by atoms with Crippen LogP contribution < -0.4 is 9.46 Å². The number of hydrogen-bond acceptors (Lipinski definition) is 6. The number of sulfonamides is 1. The molecule has 0 aliphatic carbocycles. The van der Waals surface area contributed by atoms with E-state index in [1.165, 1.54) is 0 Å². The summed E-state index contributed by atoms with van der Waals surface area (Å²) in [7, 11) is -4.70. The molecule has 3 aromatic rings. The summed E-state index contributed by atoms with van der Waals surface area (Å²) in [5.74, 6) is -4.28. The molecule has 0 atom stereocenters. The number of halogens is 3. The Kier molecular flexibility index (Phi) is 5.66. The van der Waals surface area contributed by atoms with Gasteiger partial charge in [-0.1, -0.05) is 29.8 Å². The standard InChI is InChI=1S/C21H14ClF2NO6S/c22-14-7-12-10-18(20(14)26)32(28,29)25-16-9-11(8-15(23)19(16)24)13-3-1-2-4-17(13)30-5-6-31-21(12)27/h1-4,7-10,25-26H,5-6H2. The molecular formula is C21H14ClF2NO6S. The summed E-state index contributed by atoms with van der Waals surface area (Å²) >= 11 is 5.88. The van der Waals surface area contributed by atoms with E-state index in [2.05, 4.69) is 0 Å². The number of cyclic esters (lactones) is 1. The van der Waals surface area contributed by atoms with Crippen molar-refractivity contribution < 1.29 is 36.6 Å². The summed E-state index contributed by atoms with van der Waals surface area (Å²) in [5, 5.41) is 9.72. The minimum Gasteiger partial charge on any atom is -0.505 e. The van der Waals surface area contributed by atoms with Gasteiger partial charge in [-0.2, -0.15) is 0 Å². The molecule has 32 heavy (non-hydrogen) atoms. The van der Waals surface area contributed by atoms with Crippen LogP contribution in [-0.2, 0) is 14.8 Å². The van der Waals surface area contributed by atoms with Crippen molar-refractivity contribution in [2.75, 3.05) is 17.9 Å². The first-order chi connectivity index (χ1) is 15.2. The Morgan fingerprint density at radius 1 is 1.00 bits per heavy atom. The molecule has 7 nitrogen and oxygen atoms in total. The number of carbonyl (C=O) groups is 1. The van der Waals surface area contributed by atoms with Crippen LogP contribution in [0.15, 0.2) is 53.4 Å². The second kappa shape index (κ2) is 8.29. The van der Waals surface area contributed by atoms with Gasteiger partial charge in [0, 0.05) is 5.56 Å². The predicted octanol–water partition coefficient (Wildman–Crippen LogP) is 4.34. The fourth-order valence-electron chi connectivity index (χ4n) is 3.12. The molecule has 166 valence electrons. The number of carbonyl (C=O) groups excluding carboxylic acids is 1. The van der Waals surface area contributed by atoms with E-state index in [4.69, 9.17) is 21.1 Å². The first-order valence-electron chi connectivity index (χ1n) is 9.11. The minimum atomic E-state index is -4.70. The number of aromatic hydroxyl groups is 1. The lowest BCUT2D eigenvalue weighted by molar-refractivity contribution is 0.0450. The molecule has 1 aliphatic rings. The highest BCUT2D eigenvalue weighted by Crippen LogP contribution is 2.37. The van der Waals surface area contributed by atoms with E-state index in [0.717, 1.165) is 24.3 Å². The Morgan fingerprint density at radius 3 is 2.50 bits per heavy atom. The van der Waals surface area contributed by atoms with E-state index in [9.17, 15) is 27.1 Å². The molecule has 0 saturated carbocycles. The van der Waals surface area contributed by atoms with Crippen LogP contribution in [0.2, 0.25) is 5.02 Å². The second-order valence-electron chi connectivity index (χ2n) is 6.71. The van der Waals surface area contributed by atoms with Gasteiger partial charge in [-0.25, -0.2) is 22.0 Å². The largest absolute Gasteiger partial charge is 0.505 e. The Bertz CT molecular complexity index is 1350. The lowest BCUT2D eigenvalue weighted by atomic mass is 10.0. The van der Waals surface area contributed by atoms with Crippen molar-refractivity contribution >= 4 is 33.3 Å². The van der Waals surface area contributed by atoms with Gasteiger partial charge in [0.15, 0.2) is 17.4 Å². The van der Waals surface area contributed by atoms with Gasteiger partial charge in [0.1, 0.15) is 23.9 Å². The zero-order valence-electron chi connectivity index (χ0n) is 16.1. The molecule has 0 radical (unpaired) electrons. The Labute approximate surface area is 186 Å². The maximum absolute atomic E-state index is 14.5. The summed E-state index contributed by atoms with van der Waals surface area (Å²) in [4.78, 5) is 11.5. The maximum atomic E-state index is 14.5. The summed E-state index contributed by atoms with van der Waals surface area (Å²) < 4.78 is 67.3. The molecule has 0 amide bonds. The molecule has 4 rings (SSSR count). The van der Waals surface area contributed by atoms with Gasteiger partial charge in [-0.3, -0.25) is 4.72 Å². The monoisotopic (exact) mass is 481 g/mol. The Balaban J connectivity index is 1.94. The van der Waals surface area contributed by atoms with Crippen LogP contribution in [0.4, 0.5) is 14.5 Å². The van der Waals surface area contributed by atoms with Crippen LogP contribution >= 0.6 is 11.6 Å². The third kappa shape index (κ3) is 4.06. The molecular weight excluding hydrogens is 468 g/mol. The van der Waals surface area contributed by atoms with Gasteiger partial charge < -0.3 is 14.6 Å². The summed E-state index contributed by atoms with van der Waals surface area (Å²) in [6.07, 6.45) is 0. The fourth-order valence-corrected chi connectivity index (χ4v) is 4.59. The number of para-hydroxylation sites is 1. The number of benzene rings is 3. The van der Waals surface area contributed by atoms with Crippen molar-refractivity contribution in [3.8, 4) is 22.6 Å². The highest BCUT2D eigenvalue weighted by molar-refractivity contribution is 7.92. The van der Waals surface area contributed by atoms with Gasteiger partial charge in [0.2, 0.25) is 0 Å². The highest BCUT2D eigenvalue weighted by atomic mass is 35.5. The quantitative estimate of drug-likeness (QED) is 0.463. The molecule has 1 heterocycles. The number of ether oxygens (including phenoxy) is 2. The SMILES string of the molecule is O=C1OCCOc2ccccc2-c2cc(F)c(F)c(c2)NS(=O)(=O)c2cc1cc(Cl)c2O. The van der Waals surface area contributed by atoms with Gasteiger partial charge >= 0.3 is 5.97 Å². The van der Waals surface area contributed by atoms with Crippen molar-refractivity contribution in [3.05, 3.63) is 70.8 Å². The number of fused-ring (bicyclic) bond motifs is 6. The summed E-state index contributed by atoms with van der Waals surface area (Å²) in [6, 6.07) is 10.2. The maximum Gasteiger partial charge on any atom is 0.338 e. The van der Waals surface area contributed by atoms with Gasteiger partial charge in [0.05, 0.1) is 16.3 Å². The average Bonchev–Trinajstić information content (AvgIpc) is 2.75. The lowest BCUT2D eigenvalue weighted by Gasteiger charge is -2.14. The Hall–Kier alpha value is -3.37. The van der Waals surface area contributed by atoms with Crippen LogP contribution in [0.1, 0.15) is 10.4 Å². The molecule has 3 aromatic carbocycles. The summed E-state index contributed by atoms with van der Waals surface area (Å²) in [5.41, 5.74) is -0.517. The molecule has 0 unspecified atom stereocenters. The zero-order valence-corrected chi connectivity index (χ0v) is 17.6. The van der Waals surface area contributed by atoms with E-state index in [-0.39, 0.29) is 30.1 Å². The second-order valence-corrected chi connectivity index (χ2v) is 8.77. The third-order valence-electron chi connectivity index (χ3n) is 4.60. The van der Waals surface area contributed by atoms with Crippen LogP contribution in [-0.4, -0.2) is 32.7 Å². The highest BCUT2D eigenvalue weighted by Gasteiger charge is 2.26. The van der Waals surface area contributed by atoms with Crippen molar-refractivity contribution in [2.45, 2.75) is 4.90 Å². The number of rotatable bonds is 0. The van der Waals surface area contributed by atoms with E-state index in [1.54, 1.807) is 24.3 Å². The average molecular weight is 482 g/mol. The van der Waals surface area contributed by atoms with E-state index < -0.39 is 49.0 Å². The van der Waals surface area contributed by atoms with Gasteiger partial charge in [0.25, 0.3) is 10.0 Å². The van der Waals surface area contributed by atoms with Crippen LogP contribution in [0.5, 0.6) is 11.5 Å². The van der Waals surface area contributed by atoms with E-state index in [0.29, 0.717) is 5.56 Å². The number of nitrogens with one attached hydrogen (secondary N) is 1. The van der Waals surface area contributed by atoms with Crippen molar-refractivity contribution in [3.63, 3.8) is 0 Å². The number of anilines is 1. The zero-order chi connectivity index (χ0) is 23.0. The molecule has 4 bridgehead atoms. The molecule has 0 fully saturated rings. The third-order valence-corrected chi connectivity index (χ3v) is 6.27. The molecule has 2 N–H and O–H groups in total. The molecule has 1 aliphatic heterocycles. The molecule has 0 spiro atoms. The molecule has 0 saturated heterocycles. The topological polar surface area (TPSA) is 102 Å².